The summed E-state index contributed by atoms with van der Waals surface area (Å²) in [5.41, 5.74) is 6.42. The van der Waals surface area contributed by atoms with Crippen LogP contribution < -0.4 is 14.2 Å². The monoisotopic (exact) mass is 949 g/mol. The van der Waals surface area contributed by atoms with Gasteiger partial charge in [0.2, 0.25) is 0 Å². The first-order valence-electron chi connectivity index (χ1n) is 17.3. The fourth-order valence-electron chi connectivity index (χ4n) is 5.95. The smallest absolute Gasteiger partial charge is 0.268 e. The van der Waals surface area contributed by atoms with E-state index >= 15 is 0 Å². The standard InChI is InChI=1S/2C19H11F2N2.C6H4N5.Ir/c2*20-14-5-3-7-16(11-14)22-13-23(17-8-4-6-15(21)12-17)19-10-2-1-9-18(19)22;1-2-4-7-5(3-1)6-8-10-11-9-6;/h2*1-7,9-12H;1-4H;/q3*-1;. The molecule has 0 saturated heterocycles. The quantitative estimate of drug-likeness (QED) is 0.102. The Kier molecular flexibility index (Phi) is 12.0. The third-order valence-corrected chi connectivity index (χ3v) is 8.45. The van der Waals surface area contributed by atoms with Crippen LogP contribution in [0.15, 0.2) is 158 Å². The molecule has 0 fully saturated rings. The van der Waals surface area contributed by atoms with Gasteiger partial charge in [-0.1, -0.05) is 66.7 Å². The largest absolute Gasteiger partial charge is 0.329 e. The van der Waals surface area contributed by atoms with Crippen molar-refractivity contribution in [2.45, 2.75) is 0 Å². The van der Waals surface area contributed by atoms with Crippen LogP contribution in [0, 0.1) is 48.1 Å². The van der Waals surface area contributed by atoms with E-state index in [9.17, 15) is 17.6 Å². The van der Waals surface area contributed by atoms with Gasteiger partial charge in [-0.05, 0) is 59.9 Å². The number of nitrogens with zero attached hydrogens (tertiary/aromatic N) is 9. The summed E-state index contributed by atoms with van der Waals surface area (Å²) in [4.78, 5) is 4.02. The molecule has 4 heterocycles. The Bertz CT molecular complexity index is 2610. The number of benzene rings is 6. The predicted molar refractivity (Wildman–Crippen MR) is 201 cm³/mol. The molecule has 10 rings (SSSR count). The summed E-state index contributed by atoms with van der Waals surface area (Å²) in [5, 5.41) is 14.0. The molecule has 6 aromatic carbocycles. The molecule has 0 bridgehead atoms. The minimum Gasteiger partial charge on any atom is -0.329 e. The fourth-order valence-corrected chi connectivity index (χ4v) is 5.95. The van der Waals surface area contributed by atoms with Crippen LogP contribution in [0.2, 0.25) is 0 Å². The van der Waals surface area contributed by atoms with Gasteiger partial charge in [-0.15, -0.1) is 24.3 Å². The molecule has 0 amide bonds. The van der Waals surface area contributed by atoms with Crippen molar-refractivity contribution in [3.05, 3.63) is 206 Å². The van der Waals surface area contributed by atoms with Crippen molar-refractivity contribution in [1.82, 2.24) is 34.7 Å². The van der Waals surface area contributed by atoms with Gasteiger partial charge in [0.25, 0.3) is 12.7 Å². The summed E-state index contributed by atoms with van der Waals surface area (Å²) >= 11 is 0. The van der Waals surface area contributed by atoms with E-state index in [2.05, 4.69) is 50.4 Å². The van der Waals surface area contributed by atoms with Crippen molar-refractivity contribution in [2.24, 2.45) is 0 Å². The van der Waals surface area contributed by atoms with Crippen LogP contribution in [0.4, 0.5) is 17.6 Å². The zero-order chi connectivity index (χ0) is 39.1. The molecule has 14 heteroatoms. The van der Waals surface area contributed by atoms with Gasteiger partial charge in [0.15, 0.2) is 0 Å². The van der Waals surface area contributed by atoms with Gasteiger partial charge in [-0.3, -0.25) is 24.4 Å². The summed E-state index contributed by atoms with van der Waals surface area (Å²) in [6.07, 6.45) is 7.96. The second-order valence-corrected chi connectivity index (χ2v) is 12.2. The van der Waals surface area contributed by atoms with Gasteiger partial charge >= 0.3 is 0 Å². The van der Waals surface area contributed by atoms with E-state index in [1.54, 1.807) is 54.8 Å². The molecule has 0 unspecified atom stereocenters. The normalized spacial score (nSPS) is 10.6. The number of halogens is 4. The van der Waals surface area contributed by atoms with E-state index < -0.39 is 0 Å². The number of pyridine rings is 1. The number of para-hydroxylation sites is 4. The summed E-state index contributed by atoms with van der Waals surface area (Å²) in [7, 11) is 0. The molecule has 287 valence electrons. The molecule has 0 N–H and O–H groups in total. The molecule has 10 aromatic rings. The first-order valence-corrected chi connectivity index (χ1v) is 17.3. The van der Waals surface area contributed by atoms with E-state index in [4.69, 9.17) is 0 Å². The Labute approximate surface area is 342 Å². The Morgan fingerprint density at radius 1 is 0.534 bits per heavy atom. The van der Waals surface area contributed by atoms with Crippen LogP contribution in [0.25, 0.3) is 56.3 Å². The fraction of sp³-hybridized carbons (Fsp3) is 0. The van der Waals surface area contributed by atoms with Crippen molar-refractivity contribution < 1.29 is 46.8 Å². The molecule has 0 aliphatic carbocycles. The maximum atomic E-state index is 13.5. The third kappa shape index (κ3) is 8.63. The van der Waals surface area contributed by atoms with Crippen LogP contribution in [0.1, 0.15) is 0 Å². The van der Waals surface area contributed by atoms with Gasteiger partial charge in [0.05, 0.1) is 45.0 Å². The van der Waals surface area contributed by atoms with Gasteiger partial charge in [0.1, 0.15) is 11.6 Å². The van der Waals surface area contributed by atoms with Crippen molar-refractivity contribution in [1.29, 1.82) is 0 Å². The Morgan fingerprint density at radius 2 is 1.03 bits per heavy atom. The molecule has 0 atom stereocenters. The first-order chi connectivity index (χ1) is 27.9. The van der Waals surface area contributed by atoms with Crippen molar-refractivity contribution in [3.8, 4) is 34.3 Å². The molecule has 4 aromatic heterocycles. The van der Waals surface area contributed by atoms with Crippen molar-refractivity contribution in [3.63, 3.8) is 0 Å². The molecule has 9 nitrogen and oxygen atoms in total. The van der Waals surface area contributed by atoms with E-state index in [1.807, 2.05) is 60.7 Å². The minimum absolute atomic E-state index is 0. The molecular formula is C44H26F4IrN9-3. The van der Waals surface area contributed by atoms with Gasteiger partial charge in [-0.25, -0.2) is 17.6 Å². The van der Waals surface area contributed by atoms with E-state index in [0.717, 1.165) is 22.1 Å². The maximum Gasteiger partial charge on any atom is 0.268 e. The summed E-state index contributed by atoms with van der Waals surface area (Å²) in [6, 6.07) is 47.7. The Hall–Kier alpha value is -7.15. The topological polar surface area (TPSA) is 83.3 Å². The summed E-state index contributed by atoms with van der Waals surface area (Å²) < 4.78 is 61.1. The third-order valence-electron chi connectivity index (χ3n) is 8.45. The Balaban J connectivity index is 0.000000139. The number of tetrazole rings is 1. The van der Waals surface area contributed by atoms with Crippen LogP contribution in [-0.4, -0.2) is 29.6 Å². The number of rotatable bonds is 5. The number of aromatic nitrogens is 9. The minimum atomic E-state index is -0.345. The second kappa shape index (κ2) is 17.8. The Morgan fingerprint density at radius 3 is 1.48 bits per heavy atom. The van der Waals surface area contributed by atoms with Crippen LogP contribution in [-0.2, 0) is 20.1 Å². The van der Waals surface area contributed by atoms with Crippen LogP contribution >= 0.6 is 0 Å². The number of hydrogen-bond acceptors (Lipinski definition) is 4. The average molecular weight is 949 g/mol. The number of hydrogen-bond donors (Lipinski definition) is 0. The zero-order valence-corrected chi connectivity index (χ0v) is 32.3. The maximum absolute atomic E-state index is 13.5. The number of imidazole rings is 2. The van der Waals surface area contributed by atoms with E-state index in [1.165, 1.54) is 60.7 Å². The predicted octanol–water partition coefficient (Wildman–Crippen LogP) is 7.46. The summed E-state index contributed by atoms with van der Waals surface area (Å²) in [6.45, 7) is 0. The van der Waals surface area contributed by atoms with Crippen molar-refractivity contribution in [2.75, 3.05) is 0 Å². The van der Waals surface area contributed by atoms with Gasteiger partial charge in [-0.2, -0.15) is 29.5 Å². The van der Waals surface area contributed by atoms with Crippen LogP contribution in [0.3, 0.4) is 0 Å². The molecule has 0 saturated carbocycles. The molecule has 58 heavy (non-hydrogen) atoms. The van der Waals surface area contributed by atoms with Gasteiger partial charge in [0, 0.05) is 37.9 Å². The zero-order valence-electron chi connectivity index (χ0n) is 29.9. The van der Waals surface area contributed by atoms with E-state index in [-0.39, 0.29) is 43.4 Å². The molecule has 1 radical (unpaired) electrons. The summed E-state index contributed by atoms with van der Waals surface area (Å²) in [5.74, 6) is -0.870. The SMILES string of the molecule is Fc1cc[c-]c(-n2[c-][n+](-c3cccc(F)c3)c3ccccc32)c1.Fc1cc[c-]c(-n2[c-][n+](-c3cccc(F)c3)c3ccccc32)c1.[Ir].c1ccc(-c2nnn[n-]2)nc1. The first kappa shape index (κ1) is 39.1. The van der Waals surface area contributed by atoms with Crippen molar-refractivity contribution >= 4 is 22.1 Å². The number of fused-ring (bicyclic) bond motifs is 2. The molecule has 0 spiro atoms. The van der Waals surface area contributed by atoms with Gasteiger partial charge < -0.3 is 14.2 Å². The second-order valence-electron chi connectivity index (χ2n) is 12.2. The molecule has 0 aliphatic rings. The van der Waals surface area contributed by atoms with E-state index in [0.29, 0.717) is 34.3 Å². The molecule has 0 aliphatic heterocycles. The molecular weight excluding hydrogens is 923 g/mol. The average Bonchev–Trinajstić information content (AvgIpc) is 4.01. The van der Waals surface area contributed by atoms with Crippen LogP contribution in [0.5, 0.6) is 0 Å².